The van der Waals surface area contributed by atoms with Crippen LogP contribution >= 0.6 is 0 Å². The summed E-state index contributed by atoms with van der Waals surface area (Å²) < 4.78 is 40.9. The minimum atomic E-state index is -4.35. The normalized spacial score (nSPS) is 16.0. The van der Waals surface area contributed by atoms with Crippen molar-refractivity contribution in [2.75, 3.05) is 19.7 Å². The topological polar surface area (TPSA) is 50.4 Å². The highest BCUT2D eigenvalue weighted by Gasteiger charge is 2.28. The zero-order chi connectivity index (χ0) is 16.9. The van der Waals surface area contributed by atoms with E-state index >= 15 is 0 Å². The minimum Gasteiger partial charge on any atom is -0.484 e. The van der Waals surface area contributed by atoms with Crippen LogP contribution in [0.15, 0.2) is 24.3 Å². The van der Waals surface area contributed by atoms with E-state index in [1.165, 1.54) is 25.0 Å². The largest absolute Gasteiger partial charge is 0.484 e. The Morgan fingerprint density at radius 1 is 1.30 bits per heavy atom. The van der Waals surface area contributed by atoms with Gasteiger partial charge < -0.3 is 15.4 Å². The summed E-state index contributed by atoms with van der Waals surface area (Å²) in [6, 6.07) is 6.01. The SMILES string of the molecule is CC(NC(=O)CNCC1CC1)c1ccc(OCC(F)(F)F)cc1. The molecule has 0 saturated heterocycles. The van der Waals surface area contributed by atoms with Gasteiger partial charge in [-0.25, -0.2) is 0 Å². The Morgan fingerprint density at radius 2 is 1.96 bits per heavy atom. The van der Waals surface area contributed by atoms with E-state index in [-0.39, 0.29) is 24.2 Å². The predicted molar refractivity (Wildman–Crippen MR) is 80.1 cm³/mol. The van der Waals surface area contributed by atoms with Gasteiger partial charge in [-0.1, -0.05) is 12.1 Å². The molecule has 7 heteroatoms. The van der Waals surface area contributed by atoms with Crippen molar-refractivity contribution in [3.63, 3.8) is 0 Å². The van der Waals surface area contributed by atoms with Gasteiger partial charge in [-0.3, -0.25) is 4.79 Å². The molecule has 4 nitrogen and oxygen atoms in total. The Hall–Kier alpha value is -1.76. The fourth-order valence-corrected chi connectivity index (χ4v) is 2.11. The second kappa shape index (κ2) is 7.68. The molecule has 1 amide bonds. The van der Waals surface area contributed by atoms with Crippen molar-refractivity contribution in [2.24, 2.45) is 5.92 Å². The van der Waals surface area contributed by atoms with Gasteiger partial charge in [-0.05, 0) is 49.9 Å². The number of halogens is 3. The Bertz CT molecular complexity index is 513. The molecular weight excluding hydrogens is 309 g/mol. The van der Waals surface area contributed by atoms with E-state index in [1.54, 1.807) is 12.1 Å². The van der Waals surface area contributed by atoms with Crippen molar-refractivity contribution in [3.8, 4) is 5.75 Å². The number of benzene rings is 1. The molecule has 1 aromatic carbocycles. The average Bonchev–Trinajstić information content (AvgIpc) is 3.29. The second-order valence-electron chi connectivity index (χ2n) is 5.84. The summed E-state index contributed by atoms with van der Waals surface area (Å²) in [7, 11) is 0. The molecule has 1 saturated carbocycles. The van der Waals surface area contributed by atoms with E-state index in [9.17, 15) is 18.0 Å². The Balaban J connectivity index is 1.74. The number of hydrogen-bond acceptors (Lipinski definition) is 3. The number of amides is 1. The average molecular weight is 330 g/mol. The van der Waals surface area contributed by atoms with Crippen LogP contribution in [0.25, 0.3) is 0 Å². The third-order valence-corrected chi connectivity index (χ3v) is 3.58. The first-order chi connectivity index (χ1) is 10.8. The minimum absolute atomic E-state index is 0.101. The van der Waals surface area contributed by atoms with Crippen molar-refractivity contribution in [1.29, 1.82) is 0 Å². The van der Waals surface area contributed by atoms with Crippen LogP contribution < -0.4 is 15.4 Å². The lowest BCUT2D eigenvalue weighted by molar-refractivity contribution is -0.153. The second-order valence-corrected chi connectivity index (χ2v) is 5.84. The maximum atomic E-state index is 12.1. The predicted octanol–water partition coefficient (Wildman–Crippen LogP) is 2.80. The first-order valence-corrected chi connectivity index (χ1v) is 7.63. The van der Waals surface area contributed by atoms with Gasteiger partial charge in [0, 0.05) is 0 Å². The molecule has 0 radical (unpaired) electrons. The smallest absolute Gasteiger partial charge is 0.422 e. The third kappa shape index (κ3) is 6.90. The molecule has 1 fully saturated rings. The number of rotatable bonds is 8. The molecule has 1 atom stereocenters. The maximum absolute atomic E-state index is 12.1. The molecular formula is C16H21F3N2O2. The summed E-state index contributed by atoms with van der Waals surface area (Å²) >= 11 is 0. The Labute approximate surface area is 133 Å². The summed E-state index contributed by atoms with van der Waals surface area (Å²) in [5.41, 5.74) is 0.805. The molecule has 0 heterocycles. The molecule has 0 bridgehead atoms. The third-order valence-electron chi connectivity index (χ3n) is 3.58. The van der Waals surface area contributed by atoms with Crippen molar-refractivity contribution in [2.45, 2.75) is 32.0 Å². The van der Waals surface area contributed by atoms with Crippen LogP contribution in [0, 0.1) is 5.92 Å². The molecule has 0 spiro atoms. The lowest BCUT2D eigenvalue weighted by Crippen LogP contribution is -2.36. The quantitative estimate of drug-likeness (QED) is 0.771. The van der Waals surface area contributed by atoms with Crippen LogP contribution in [0.4, 0.5) is 13.2 Å². The number of nitrogens with one attached hydrogen (secondary N) is 2. The van der Waals surface area contributed by atoms with E-state index in [0.29, 0.717) is 5.92 Å². The van der Waals surface area contributed by atoms with E-state index in [0.717, 1.165) is 12.1 Å². The van der Waals surface area contributed by atoms with E-state index < -0.39 is 12.8 Å². The molecule has 2 N–H and O–H groups in total. The van der Waals surface area contributed by atoms with Gasteiger partial charge in [-0.15, -0.1) is 0 Å². The van der Waals surface area contributed by atoms with E-state index in [1.807, 2.05) is 6.92 Å². The highest BCUT2D eigenvalue weighted by molar-refractivity contribution is 5.78. The molecule has 1 aliphatic carbocycles. The zero-order valence-electron chi connectivity index (χ0n) is 13.0. The molecule has 2 rings (SSSR count). The first kappa shape index (κ1) is 17.6. The molecule has 23 heavy (non-hydrogen) atoms. The van der Waals surface area contributed by atoms with E-state index in [4.69, 9.17) is 0 Å². The van der Waals surface area contributed by atoms with Crippen LogP contribution in [0.5, 0.6) is 5.75 Å². The summed E-state index contributed by atoms with van der Waals surface area (Å²) in [5.74, 6) is 0.760. The van der Waals surface area contributed by atoms with Gasteiger partial charge >= 0.3 is 6.18 Å². The van der Waals surface area contributed by atoms with E-state index in [2.05, 4.69) is 15.4 Å². The highest BCUT2D eigenvalue weighted by atomic mass is 19.4. The van der Waals surface area contributed by atoms with Crippen molar-refractivity contribution < 1.29 is 22.7 Å². The van der Waals surface area contributed by atoms with Crippen molar-refractivity contribution >= 4 is 5.91 Å². The van der Waals surface area contributed by atoms with Crippen molar-refractivity contribution in [1.82, 2.24) is 10.6 Å². The monoisotopic (exact) mass is 330 g/mol. The van der Waals surface area contributed by atoms with Crippen LogP contribution in [0.1, 0.15) is 31.4 Å². The number of ether oxygens (including phenoxy) is 1. The lowest BCUT2D eigenvalue weighted by Gasteiger charge is -2.15. The van der Waals surface area contributed by atoms with Gasteiger partial charge in [0.05, 0.1) is 12.6 Å². The fourth-order valence-electron chi connectivity index (χ4n) is 2.11. The summed E-state index contributed by atoms with van der Waals surface area (Å²) in [4.78, 5) is 11.8. The van der Waals surface area contributed by atoms with Gasteiger partial charge in [0.15, 0.2) is 6.61 Å². The van der Waals surface area contributed by atoms with Gasteiger partial charge in [0.2, 0.25) is 5.91 Å². The van der Waals surface area contributed by atoms with Gasteiger partial charge in [-0.2, -0.15) is 13.2 Å². The molecule has 1 aromatic rings. The number of carbonyl (C=O) groups excluding carboxylic acids is 1. The Morgan fingerprint density at radius 3 is 2.52 bits per heavy atom. The summed E-state index contributed by atoms with van der Waals surface area (Å²) in [6.45, 7) is 1.65. The van der Waals surface area contributed by atoms with Gasteiger partial charge in [0.1, 0.15) is 5.75 Å². The summed E-state index contributed by atoms with van der Waals surface area (Å²) in [5, 5.41) is 5.95. The number of alkyl halides is 3. The van der Waals surface area contributed by atoms with Crippen LogP contribution in [0.2, 0.25) is 0 Å². The zero-order valence-corrected chi connectivity index (χ0v) is 13.0. The molecule has 0 aliphatic heterocycles. The van der Waals surface area contributed by atoms with Crippen molar-refractivity contribution in [3.05, 3.63) is 29.8 Å². The molecule has 1 unspecified atom stereocenters. The number of carbonyl (C=O) groups is 1. The van der Waals surface area contributed by atoms with Crippen LogP contribution in [-0.4, -0.2) is 31.8 Å². The van der Waals surface area contributed by atoms with Crippen LogP contribution in [-0.2, 0) is 4.79 Å². The maximum Gasteiger partial charge on any atom is 0.422 e. The highest BCUT2D eigenvalue weighted by Crippen LogP contribution is 2.27. The standard InChI is InChI=1S/C16H21F3N2O2/c1-11(21-15(22)9-20-8-12-2-3-12)13-4-6-14(7-5-13)23-10-16(17,18)19/h4-7,11-12,20H,2-3,8-10H2,1H3,(H,21,22). The Kier molecular flexibility index (Phi) is 5.87. The molecule has 128 valence electrons. The summed E-state index contributed by atoms with van der Waals surface area (Å²) in [6.07, 6.45) is -1.89. The van der Waals surface area contributed by atoms with Crippen LogP contribution in [0.3, 0.4) is 0 Å². The molecule has 1 aliphatic rings. The fraction of sp³-hybridized carbons (Fsp3) is 0.562. The first-order valence-electron chi connectivity index (χ1n) is 7.63. The molecule has 0 aromatic heterocycles. The lowest BCUT2D eigenvalue weighted by atomic mass is 10.1. The number of hydrogen-bond donors (Lipinski definition) is 2. The van der Waals surface area contributed by atoms with Gasteiger partial charge in [0.25, 0.3) is 0 Å².